The predicted octanol–water partition coefficient (Wildman–Crippen LogP) is 3.34. The number of carbonyl (C=O) groups is 1. The van der Waals surface area contributed by atoms with E-state index in [2.05, 4.69) is 15.3 Å². The van der Waals surface area contributed by atoms with Crippen LogP contribution in [0.2, 0.25) is 5.28 Å². The molecule has 1 aromatic heterocycles. The van der Waals surface area contributed by atoms with Crippen LogP contribution in [-0.4, -0.2) is 42.3 Å². The molecule has 0 saturated carbocycles. The quantitative estimate of drug-likeness (QED) is 0.720. The molecule has 0 aliphatic carbocycles. The summed E-state index contributed by atoms with van der Waals surface area (Å²) < 4.78 is 26.7. The molecule has 1 rings (SSSR count). The smallest absolute Gasteiger partial charge is 0.319 e. The molecule has 0 spiro atoms. The highest BCUT2D eigenvalue weighted by Gasteiger charge is 2.39. The number of anilines is 1. The van der Waals surface area contributed by atoms with Crippen molar-refractivity contribution in [3.63, 3.8) is 0 Å². The average molecular weight is 394 g/mol. The van der Waals surface area contributed by atoms with Crippen LogP contribution in [0.15, 0.2) is 6.20 Å². The molecule has 2 unspecified atom stereocenters. The first-order chi connectivity index (χ1) is 11.2. The molecular weight excluding hydrogens is 369 g/mol. The van der Waals surface area contributed by atoms with E-state index in [0.717, 1.165) is 6.20 Å². The number of carboxylic acids is 1. The van der Waals surface area contributed by atoms with Crippen LogP contribution in [0.1, 0.15) is 41.5 Å². The van der Waals surface area contributed by atoms with Crippen molar-refractivity contribution in [1.29, 1.82) is 0 Å². The highest BCUT2D eigenvalue weighted by molar-refractivity contribution is 7.86. The van der Waals surface area contributed by atoms with Crippen molar-refractivity contribution in [3.05, 3.63) is 17.3 Å². The van der Waals surface area contributed by atoms with Gasteiger partial charge in [-0.3, -0.25) is 9.00 Å². The average Bonchev–Trinajstić information content (AvgIpc) is 2.38. The molecule has 0 radical (unpaired) electrons. The molecular formula is C16H25ClFN3O3S. The third kappa shape index (κ3) is 6.18. The van der Waals surface area contributed by atoms with Crippen molar-refractivity contribution in [2.75, 3.05) is 11.1 Å². The number of halogens is 2. The van der Waals surface area contributed by atoms with E-state index in [1.807, 2.05) is 20.8 Å². The maximum Gasteiger partial charge on any atom is 0.319 e. The Morgan fingerprint density at radius 3 is 2.32 bits per heavy atom. The molecule has 0 aliphatic heterocycles. The lowest BCUT2D eigenvalue weighted by atomic mass is 9.88. The Hall–Kier alpha value is -1.28. The highest BCUT2D eigenvalue weighted by Crippen LogP contribution is 2.29. The lowest BCUT2D eigenvalue weighted by Gasteiger charge is -2.34. The molecule has 0 fully saturated rings. The number of aromatic nitrogens is 2. The van der Waals surface area contributed by atoms with Gasteiger partial charge in [0.15, 0.2) is 11.6 Å². The summed E-state index contributed by atoms with van der Waals surface area (Å²) in [5, 5.41) is 11.2. The number of rotatable bonds is 6. The Kier molecular flexibility index (Phi) is 6.92. The highest BCUT2D eigenvalue weighted by atomic mass is 35.5. The molecule has 0 amide bonds. The van der Waals surface area contributed by atoms with Crippen LogP contribution in [0, 0.1) is 16.6 Å². The van der Waals surface area contributed by atoms with Crippen molar-refractivity contribution in [2.45, 2.75) is 52.8 Å². The largest absolute Gasteiger partial charge is 0.480 e. The molecule has 142 valence electrons. The van der Waals surface area contributed by atoms with E-state index in [9.17, 15) is 18.5 Å². The van der Waals surface area contributed by atoms with Crippen molar-refractivity contribution in [1.82, 2.24) is 9.97 Å². The number of aliphatic carboxylic acids is 1. The SMILES string of the molecule is CC(C)(C)C(C[S@](=O)C(C(=O)O)C(C)(C)C)Nc1nc(Cl)ncc1F. The Morgan fingerprint density at radius 2 is 1.88 bits per heavy atom. The molecule has 1 aromatic rings. The van der Waals surface area contributed by atoms with E-state index >= 15 is 0 Å². The van der Waals surface area contributed by atoms with Gasteiger partial charge in [-0.15, -0.1) is 0 Å². The number of nitrogens with zero attached hydrogens (tertiary/aromatic N) is 2. The van der Waals surface area contributed by atoms with Gasteiger partial charge in [0.2, 0.25) is 5.28 Å². The summed E-state index contributed by atoms with van der Waals surface area (Å²) in [5.74, 6) is -1.87. The Labute approximate surface area is 155 Å². The second-order valence-electron chi connectivity index (χ2n) is 8.03. The fraction of sp³-hybridized carbons (Fsp3) is 0.688. The first kappa shape index (κ1) is 21.8. The van der Waals surface area contributed by atoms with E-state index in [4.69, 9.17) is 11.6 Å². The first-order valence-corrected chi connectivity index (χ1v) is 9.54. The van der Waals surface area contributed by atoms with Crippen LogP contribution in [-0.2, 0) is 15.6 Å². The van der Waals surface area contributed by atoms with Crippen LogP contribution in [0.4, 0.5) is 10.2 Å². The zero-order valence-electron chi connectivity index (χ0n) is 15.3. The van der Waals surface area contributed by atoms with Gasteiger partial charge in [-0.2, -0.15) is 4.98 Å². The van der Waals surface area contributed by atoms with Gasteiger partial charge < -0.3 is 10.4 Å². The van der Waals surface area contributed by atoms with E-state index in [-0.39, 0.29) is 16.9 Å². The fourth-order valence-electron chi connectivity index (χ4n) is 2.26. The summed E-state index contributed by atoms with van der Waals surface area (Å²) in [6.45, 7) is 10.8. The molecule has 0 aliphatic rings. The molecule has 9 heteroatoms. The molecule has 3 atom stereocenters. The van der Waals surface area contributed by atoms with Gasteiger partial charge in [-0.25, -0.2) is 9.37 Å². The van der Waals surface area contributed by atoms with Gasteiger partial charge >= 0.3 is 5.97 Å². The van der Waals surface area contributed by atoms with Gasteiger partial charge in [-0.1, -0.05) is 41.5 Å². The number of hydrogen-bond donors (Lipinski definition) is 2. The lowest BCUT2D eigenvalue weighted by molar-refractivity contribution is -0.138. The van der Waals surface area contributed by atoms with Crippen LogP contribution >= 0.6 is 11.6 Å². The van der Waals surface area contributed by atoms with Crippen molar-refractivity contribution >= 4 is 34.2 Å². The van der Waals surface area contributed by atoms with Gasteiger partial charge in [-0.05, 0) is 22.4 Å². The zero-order valence-corrected chi connectivity index (χ0v) is 16.8. The monoisotopic (exact) mass is 393 g/mol. The Balaban J connectivity index is 3.10. The van der Waals surface area contributed by atoms with E-state index in [1.54, 1.807) is 20.8 Å². The standard InChI is InChI=1S/C16H25ClFN3O3S/c1-15(2,3)10(20-12-9(18)7-19-14(17)21-12)8-25(24)11(13(22)23)16(4,5)6/h7,10-11H,8H2,1-6H3,(H,22,23)(H,19,20,21)/t10?,11?,25-/m0/s1. The van der Waals surface area contributed by atoms with E-state index < -0.39 is 44.7 Å². The maximum absolute atomic E-state index is 13.9. The molecule has 0 aromatic carbocycles. The minimum absolute atomic E-state index is 0.0266. The Bertz CT molecular complexity index is 659. The summed E-state index contributed by atoms with van der Waals surface area (Å²) in [7, 11) is -1.68. The zero-order chi connectivity index (χ0) is 19.6. The summed E-state index contributed by atoms with van der Waals surface area (Å²) in [4.78, 5) is 18.9. The third-order valence-electron chi connectivity index (χ3n) is 3.68. The summed E-state index contributed by atoms with van der Waals surface area (Å²) in [6.07, 6.45) is 0.948. The summed E-state index contributed by atoms with van der Waals surface area (Å²) in [5.41, 5.74) is -1.11. The van der Waals surface area contributed by atoms with Gasteiger partial charge in [0.1, 0.15) is 5.25 Å². The van der Waals surface area contributed by atoms with Crippen molar-refractivity contribution in [2.24, 2.45) is 10.8 Å². The van der Waals surface area contributed by atoms with Gasteiger partial charge in [0.25, 0.3) is 0 Å². The summed E-state index contributed by atoms with van der Waals surface area (Å²) >= 11 is 5.71. The second-order valence-corrected chi connectivity index (χ2v) is 9.93. The second kappa shape index (κ2) is 7.95. The van der Waals surface area contributed by atoms with E-state index in [0.29, 0.717) is 0 Å². The Morgan fingerprint density at radius 1 is 1.32 bits per heavy atom. The third-order valence-corrected chi connectivity index (χ3v) is 5.95. The molecule has 2 N–H and O–H groups in total. The molecule has 6 nitrogen and oxygen atoms in total. The van der Waals surface area contributed by atoms with Crippen LogP contribution < -0.4 is 5.32 Å². The van der Waals surface area contributed by atoms with E-state index in [1.165, 1.54) is 0 Å². The van der Waals surface area contributed by atoms with Crippen LogP contribution in [0.25, 0.3) is 0 Å². The lowest BCUT2D eigenvalue weighted by Crippen LogP contribution is -2.45. The normalized spacial score (nSPS) is 16.2. The number of carboxylic acid groups (broad SMARTS) is 1. The number of hydrogen-bond acceptors (Lipinski definition) is 5. The van der Waals surface area contributed by atoms with Gasteiger partial charge in [0, 0.05) is 22.6 Å². The summed E-state index contributed by atoms with van der Waals surface area (Å²) in [6, 6.07) is -0.488. The van der Waals surface area contributed by atoms with Crippen molar-refractivity contribution in [3.8, 4) is 0 Å². The molecule has 1 heterocycles. The topological polar surface area (TPSA) is 92.2 Å². The predicted molar refractivity (Wildman–Crippen MR) is 97.8 cm³/mol. The minimum Gasteiger partial charge on any atom is -0.480 e. The fourth-order valence-corrected chi connectivity index (χ4v) is 4.51. The number of nitrogens with one attached hydrogen (secondary N) is 1. The van der Waals surface area contributed by atoms with Gasteiger partial charge in [0.05, 0.1) is 6.20 Å². The minimum atomic E-state index is -1.68. The first-order valence-electron chi connectivity index (χ1n) is 7.78. The van der Waals surface area contributed by atoms with Crippen LogP contribution in [0.5, 0.6) is 0 Å². The van der Waals surface area contributed by atoms with Crippen molar-refractivity contribution < 1.29 is 18.5 Å². The van der Waals surface area contributed by atoms with Crippen LogP contribution in [0.3, 0.4) is 0 Å². The molecule has 0 saturated heterocycles. The molecule has 25 heavy (non-hydrogen) atoms. The molecule has 0 bridgehead atoms. The maximum atomic E-state index is 13.9.